The summed E-state index contributed by atoms with van der Waals surface area (Å²) < 4.78 is 5.76. The normalized spacial score (nSPS) is 18.3. The van der Waals surface area contributed by atoms with Crippen molar-refractivity contribution < 1.29 is 4.74 Å². The van der Waals surface area contributed by atoms with E-state index in [1.165, 1.54) is 0 Å². The number of nitrogens with one attached hydrogen (secondary N) is 1. The van der Waals surface area contributed by atoms with Crippen LogP contribution in [-0.4, -0.2) is 60.7 Å². The second kappa shape index (κ2) is 8.17. The van der Waals surface area contributed by atoms with Gasteiger partial charge in [0.2, 0.25) is 0 Å². The van der Waals surface area contributed by atoms with Gasteiger partial charge in [-0.05, 0) is 26.0 Å². The number of ether oxygens (including phenoxy) is 1. The molecule has 0 aliphatic carbocycles. The smallest absolute Gasteiger partial charge is 0.193 e. The van der Waals surface area contributed by atoms with Gasteiger partial charge in [-0.3, -0.25) is 4.99 Å². The Bertz CT molecular complexity index is 497. The summed E-state index contributed by atoms with van der Waals surface area (Å²) in [5.41, 5.74) is 1.10. The fourth-order valence-corrected chi connectivity index (χ4v) is 4.02. The monoisotopic (exact) mass is 342 g/mol. The molecule has 0 bridgehead atoms. The largest absolute Gasteiger partial charge is 0.381 e. The molecule has 1 fully saturated rings. The van der Waals surface area contributed by atoms with Crippen molar-refractivity contribution >= 4 is 29.1 Å². The van der Waals surface area contributed by atoms with E-state index in [2.05, 4.69) is 38.9 Å². The average Bonchev–Trinajstić information content (AvgIpc) is 2.94. The van der Waals surface area contributed by atoms with Gasteiger partial charge in [0.1, 0.15) is 0 Å². The van der Waals surface area contributed by atoms with Crippen molar-refractivity contribution in [1.29, 1.82) is 0 Å². The van der Waals surface area contributed by atoms with Gasteiger partial charge in [0.25, 0.3) is 0 Å². The first-order chi connectivity index (χ1) is 10.6. The van der Waals surface area contributed by atoms with Crippen molar-refractivity contribution in [2.45, 2.75) is 31.1 Å². The molecular weight excluding hydrogens is 316 g/mol. The number of hydrogen-bond acceptors (Lipinski definition) is 5. The molecule has 1 aliphatic heterocycles. The molecule has 5 nitrogen and oxygen atoms in total. The van der Waals surface area contributed by atoms with Gasteiger partial charge in [0, 0.05) is 44.0 Å². The van der Waals surface area contributed by atoms with Crippen molar-refractivity contribution in [2.75, 3.05) is 40.1 Å². The second-order valence-electron chi connectivity index (χ2n) is 5.61. The molecule has 124 valence electrons. The van der Waals surface area contributed by atoms with E-state index in [4.69, 9.17) is 4.74 Å². The van der Waals surface area contributed by atoms with Crippen LogP contribution >= 0.6 is 23.1 Å². The van der Waals surface area contributed by atoms with E-state index >= 15 is 0 Å². The minimum Gasteiger partial charge on any atom is -0.381 e. The summed E-state index contributed by atoms with van der Waals surface area (Å²) in [4.78, 5) is 11.1. The molecule has 0 unspecified atom stereocenters. The van der Waals surface area contributed by atoms with Gasteiger partial charge in [-0.2, -0.15) is 11.8 Å². The first kappa shape index (κ1) is 17.6. The quantitative estimate of drug-likeness (QED) is 0.658. The molecule has 0 atom stereocenters. The summed E-state index contributed by atoms with van der Waals surface area (Å²) in [5, 5.41) is 6.75. The summed E-state index contributed by atoms with van der Waals surface area (Å²) in [7, 11) is 3.89. The lowest BCUT2D eigenvalue weighted by molar-refractivity contribution is 0.0781. The topological polar surface area (TPSA) is 49.8 Å². The summed E-state index contributed by atoms with van der Waals surface area (Å²) in [5.74, 6) is 0.922. The molecule has 0 saturated carbocycles. The third-order valence-electron chi connectivity index (χ3n) is 4.04. The molecule has 0 radical (unpaired) electrons. The number of hydrogen-bond donors (Lipinski definition) is 1. The predicted octanol–water partition coefficient (Wildman–Crippen LogP) is 2.37. The number of nitrogens with zero attached hydrogens (tertiary/aromatic N) is 3. The average molecular weight is 343 g/mol. The van der Waals surface area contributed by atoms with E-state index in [0.717, 1.165) is 55.8 Å². The molecule has 1 aliphatic rings. The lowest BCUT2D eigenvalue weighted by Gasteiger charge is -2.36. The third-order valence-corrected chi connectivity index (χ3v) is 6.29. The van der Waals surface area contributed by atoms with E-state index in [1.54, 1.807) is 11.3 Å². The zero-order valence-electron chi connectivity index (χ0n) is 13.9. The first-order valence-corrected chi connectivity index (χ1v) is 9.65. The highest BCUT2D eigenvalue weighted by atomic mass is 32.2. The molecular formula is C15H26N4OS2. The van der Waals surface area contributed by atoms with Crippen LogP contribution in [0.2, 0.25) is 0 Å². The van der Waals surface area contributed by atoms with Crippen molar-refractivity contribution in [3.63, 3.8) is 0 Å². The summed E-state index contributed by atoms with van der Waals surface area (Å²) in [6, 6.07) is 0. The lowest BCUT2D eigenvalue weighted by Crippen LogP contribution is -2.48. The van der Waals surface area contributed by atoms with E-state index < -0.39 is 0 Å². The number of rotatable bonds is 5. The molecule has 2 rings (SSSR count). The van der Waals surface area contributed by atoms with Gasteiger partial charge in [-0.25, -0.2) is 4.98 Å². The maximum absolute atomic E-state index is 5.50. The maximum Gasteiger partial charge on any atom is 0.193 e. The molecule has 1 N–H and O–H groups in total. The highest BCUT2D eigenvalue weighted by Crippen LogP contribution is 2.33. The lowest BCUT2D eigenvalue weighted by atomic mass is 9.99. The predicted molar refractivity (Wildman–Crippen MR) is 96.0 cm³/mol. The molecule has 22 heavy (non-hydrogen) atoms. The van der Waals surface area contributed by atoms with Gasteiger partial charge >= 0.3 is 0 Å². The van der Waals surface area contributed by atoms with Crippen LogP contribution in [0.15, 0.2) is 10.4 Å². The molecule has 0 amide bonds. The van der Waals surface area contributed by atoms with Gasteiger partial charge < -0.3 is 15.0 Å². The van der Waals surface area contributed by atoms with Crippen LogP contribution in [0.5, 0.6) is 0 Å². The van der Waals surface area contributed by atoms with E-state index in [1.807, 2.05) is 25.7 Å². The zero-order valence-corrected chi connectivity index (χ0v) is 15.5. The van der Waals surface area contributed by atoms with E-state index in [0.29, 0.717) is 0 Å². The summed E-state index contributed by atoms with van der Waals surface area (Å²) in [6.07, 6.45) is 4.37. The summed E-state index contributed by atoms with van der Waals surface area (Å²) >= 11 is 3.63. The fraction of sp³-hybridized carbons (Fsp3) is 0.733. The Morgan fingerprint density at radius 3 is 2.82 bits per heavy atom. The van der Waals surface area contributed by atoms with Crippen LogP contribution < -0.4 is 5.32 Å². The van der Waals surface area contributed by atoms with Crippen molar-refractivity contribution in [3.8, 4) is 0 Å². The Morgan fingerprint density at radius 1 is 1.55 bits per heavy atom. The van der Waals surface area contributed by atoms with Gasteiger partial charge in [-0.15, -0.1) is 11.3 Å². The van der Waals surface area contributed by atoms with Crippen LogP contribution in [0, 0.1) is 6.92 Å². The van der Waals surface area contributed by atoms with Crippen molar-refractivity contribution in [2.24, 2.45) is 4.99 Å². The SMILES string of the molecule is CN=C(NCC1(SC)CCOCC1)N(C)Cc1csc(C)n1. The van der Waals surface area contributed by atoms with Crippen molar-refractivity contribution in [1.82, 2.24) is 15.2 Å². The van der Waals surface area contributed by atoms with Crippen LogP contribution in [0.3, 0.4) is 0 Å². The number of thiazole rings is 1. The van der Waals surface area contributed by atoms with Gasteiger partial charge in [-0.1, -0.05) is 0 Å². The summed E-state index contributed by atoms with van der Waals surface area (Å²) in [6.45, 7) is 5.45. The number of thioether (sulfide) groups is 1. The molecule has 0 spiro atoms. The Kier molecular flexibility index (Phi) is 6.52. The van der Waals surface area contributed by atoms with Crippen LogP contribution in [-0.2, 0) is 11.3 Å². The van der Waals surface area contributed by atoms with Gasteiger partial charge in [0.15, 0.2) is 5.96 Å². The third kappa shape index (κ3) is 4.60. The Labute approximate surface area is 141 Å². The highest BCUT2D eigenvalue weighted by molar-refractivity contribution is 8.00. The molecule has 1 saturated heterocycles. The minimum absolute atomic E-state index is 0.256. The number of aromatic nitrogens is 1. The van der Waals surface area contributed by atoms with Crippen molar-refractivity contribution in [3.05, 3.63) is 16.1 Å². The molecule has 1 aromatic heterocycles. The Balaban J connectivity index is 1.91. The molecule has 2 heterocycles. The van der Waals surface area contributed by atoms with E-state index in [9.17, 15) is 0 Å². The van der Waals surface area contributed by atoms with Gasteiger partial charge in [0.05, 0.1) is 17.2 Å². The Morgan fingerprint density at radius 2 is 2.27 bits per heavy atom. The fourth-order valence-electron chi connectivity index (χ4n) is 2.62. The Hall–Kier alpha value is -0.790. The first-order valence-electron chi connectivity index (χ1n) is 7.54. The molecule has 1 aromatic rings. The highest BCUT2D eigenvalue weighted by Gasteiger charge is 2.32. The van der Waals surface area contributed by atoms with Crippen LogP contribution in [0.25, 0.3) is 0 Å². The number of guanidine groups is 1. The maximum atomic E-state index is 5.50. The minimum atomic E-state index is 0.256. The standard InChI is InChI=1S/C15H26N4OS2/c1-12-18-13(10-22-12)9-19(3)14(16-2)17-11-15(21-4)5-7-20-8-6-15/h10H,5-9,11H2,1-4H3,(H,16,17). The van der Waals surface area contributed by atoms with Crippen LogP contribution in [0.1, 0.15) is 23.5 Å². The zero-order chi connectivity index (χ0) is 16.0. The molecule has 7 heteroatoms. The number of aryl methyl sites for hydroxylation is 1. The van der Waals surface area contributed by atoms with Crippen LogP contribution in [0.4, 0.5) is 0 Å². The molecule has 0 aromatic carbocycles. The second-order valence-corrected chi connectivity index (χ2v) is 7.95. The van der Waals surface area contributed by atoms with E-state index in [-0.39, 0.29) is 4.75 Å². The number of aliphatic imine (C=N–C) groups is 1.